The molecule has 0 aliphatic rings. The van der Waals surface area contributed by atoms with Crippen molar-refractivity contribution in [1.82, 2.24) is 10.0 Å². The Morgan fingerprint density at radius 3 is 2.19 bits per heavy atom. The summed E-state index contributed by atoms with van der Waals surface area (Å²) in [4.78, 5) is 12.2. The van der Waals surface area contributed by atoms with Gasteiger partial charge in [-0.05, 0) is 23.1 Å². The standard InChI is InChI=1S/C21H26N2O3S/c1-17(2)21(19-11-7-4-8-12-19)23-20(24)13-15-22-27(25,26)16-14-18-9-5-3-6-10-18/h3-12,14,16-17,21-22H,13,15H2,1-2H3,(H,23,24)/b16-14+. The summed E-state index contributed by atoms with van der Waals surface area (Å²) in [5, 5.41) is 4.10. The zero-order valence-corrected chi connectivity index (χ0v) is 16.4. The van der Waals surface area contributed by atoms with Gasteiger partial charge in [-0.15, -0.1) is 0 Å². The Balaban J connectivity index is 1.85. The van der Waals surface area contributed by atoms with Crippen molar-refractivity contribution in [3.8, 4) is 0 Å². The average Bonchev–Trinajstić information content (AvgIpc) is 2.66. The smallest absolute Gasteiger partial charge is 0.233 e. The molecule has 0 bridgehead atoms. The molecule has 0 aliphatic carbocycles. The van der Waals surface area contributed by atoms with Crippen molar-refractivity contribution < 1.29 is 13.2 Å². The highest BCUT2D eigenvalue weighted by molar-refractivity contribution is 7.92. The van der Waals surface area contributed by atoms with E-state index in [1.807, 2.05) is 74.5 Å². The van der Waals surface area contributed by atoms with Gasteiger partial charge in [0.25, 0.3) is 0 Å². The molecule has 2 aromatic rings. The average molecular weight is 387 g/mol. The van der Waals surface area contributed by atoms with Crippen LogP contribution in [0.3, 0.4) is 0 Å². The lowest BCUT2D eigenvalue weighted by Crippen LogP contribution is -2.34. The second-order valence-electron chi connectivity index (χ2n) is 6.60. The molecular weight excluding hydrogens is 360 g/mol. The van der Waals surface area contributed by atoms with Gasteiger partial charge in [0.1, 0.15) is 0 Å². The molecule has 0 radical (unpaired) electrons. The fourth-order valence-corrected chi connectivity index (χ4v) is 3.45. The summed E-state index contributed by atoms with van der Waals surface area (Å²) in [6, 6.07) is 18.8. The number of benzene rings is 2. The zero-order valence-electron chi connectivity index (χ0n) is 15.6. The first-order chi connectivity index (χ1) is 12.9. The normalized spacial score (nSPS) is 13.0. The van der Waals surface area contributed by atoms with Gasteiger partial charge in [0.2, 0.25) is 15.9 Å². The Hall–Kier alpha value is -2.44. The lowest BCUT2D eigenvalue weighted by molar-refractivity contribution is -0.122. The molecule has 0 saturated heterocycles. The molecule has 0 aliphatic heterocycles. The van der Waals surface area contributed by atoms with Crippen molar-refractivity contribution in [2.45, 2.75) is 26.3 Å². The number of hydrogen-bond donors (Lipinski definition) is 2. The van der Waals surface area contributed by atoms with E-state index in [0.29, 0.717) is 0 Å². The van der Waals surface area contributed by atoms with Gasteiger partial charge >= 0.3 is 0 Å². The van der Waals surface area contributed by atoms with Crippen LogP contribution in [-0.4, -0.2) is 20.9 Å². The Morgan fingerprint density at radius 1 is 1.00 bits per heavy atom. The number of carbonyl (C=O) groups excluding carboxylic acids is 1. The molecule has 2 N–H and O–H groups in total. The molecule has 2 aromatic carbocycles. The number of carbonyl (C=O) groups is 1. The van der Waals surface area contributed by atoms with Crippen LogP contribution in [0.1, 0.15) is 37.4 Å². The predicted molar refractivity (Wildman–Crippen MR) is 109 cm³/mol. The van der Waals surface area contributed by atoms with Gasteiger partial charge in [0.05, 0.1) is 6.04 Å². The first-order valence-electron chi connectivity index (χ1n) is 8.94. The fraction of sp³-hybridized carbons (Fsp3) is 0.286. The van der Waals surface area contributed by atoms with Crippen LogP contribution in [0, 0.1) is 5.92 Å². The van der Waals surface area contributed by atoms with Crippen LogP contribution < -0.4 is 10.0 Å². The third kappa shape index (κ3) is 7.37. The van der Waals surface area contributed by atoms with Gasteiger partial charge in [0, 0.05) is 18.4 Å². The van der Waals surface area contributed by atoms with E-state index in [-0.39, 0.29) is 30.8 Å². The molecule has 144 valence electrons. The van der Waals surface area contributed by atoms with Crippen LogP contribution in [0.15, 0.2) is 66.1 Å². The zero-order chi connectivity index (χ0) is 19.7. The fourth-order valence-electron chi connectivity index (χ4n) is 2.63. The van der Waals surface area contributed by atoms with Gasteiger partial charge in [-0.2, -0.15) is 0 Å². The maximum absolute atomic E-state index is 12.2. The molecular formula is C21H26N2O3S. The van der Waals surface area contributed by atoms with E-state index < -0.39 is 10.0 Å². The highest BCUT2D eigenvalue weighted by Crippen LogP contribution is 2.21. The van der Waals surface area contributed by atoms with Crippen LogP contribution >= 0.6 is 0 Å². The van der Waals surface area contributed by atoms with Crippen LogP contribution in [0.25, 0.3) is 6.08 Å². The molecule has 1 unspecified atom stereocenters. The summed E-state index contributed by atoms with van der Waals surface area (Å²) in [6.07, 6.45) is 1.60. The van der Waals surface area contributed by atoms with E-state index in [4.69, 9.17) is 0 Å². The van der Waals surface area contributed by atoms with E-state index in [2.05, 4.69) is 10.0 Å². The minimum absolute atomic E-state index is 0.0485. The number of nitrogens with one attached hydrogen (secondary N) is 2. The first kappa shape index (κ1) is 20.9. The summed E-state index contributed by atoms with van der Waals surface area (Å²) < 4.78 is 26.4. The van der Waals surface area contributed by atoms with Crippen molar-refractivity contribution in [1.29, 1.82) is 0 Å². The van der Waals surface area contributed by atoms with E-state index in [1.165, 1.54) is 6.08 Å². The van der Waals surface area contributed by atoms with Crippen molar-refractivity contribution in [3.63, 3.8) is 0 Å². The monoisotopic (exact) mass is 386 g/mol. The molecule has 0 fully saturated rings. The Kier molecular flexibility index (Phi) is 7.76. The predicted octanol–water partition coefficient (Wildman–Crippen LogP) is 3.48. The van der Waals surface area contributed by atoms with Crippen molar-refractivity contribution in [2.24, 2.45) is 5.92 Å². The van der Waals surface area contributed by atoms with Gasteiger partial charge in [-0.25, -0.2) is 13.1 Å². The lowest BCUT2D eigenvalue weighted by Gasteiger charge is -2.23. The summed E-state index contributed by atoms with van der Waals surface area (Å²) in [5.41, 5.74) is 1.83. The van der Waals surface area contributed by atoms with Crippen molar-refractivity contribution >= 4 is 22.0 Å². The number of amides is 1. The lowest BCUT2D eigenvalue weighted by atomic mass is 9.96. The molecule has 1 atom stereocenters. The molecule has 1 amide bonds. The number of hydrogen-bond acceptors (Lipinski definition) is 3. The van der Waals surface area contributed by atoms with E-state index in [1.54, 1.807) is 0 Å². The van der Waals surface area contributed by atoms with E-state index in [9.17, 15) is 13.2 Å². The number of sulfonamides is 1. The van der Waals surface area contributed by atoms with Gasteiger partial charge < -0.3 is 5.32 Å². The van der Waals surface area contributed by atoms with Crippen LogP contribution in [-0.2, 0) is 14.8 Å². The molecule has 27 heavy (non-hydrogen) atoms. The highest BCUT2D eigenvalue weighted by atomic mass is 32.2. The van der Waals surface area contributed by atoms with Gasteiger partial charge in [0.15, 0.2) is 0 Å². The SMILES string of the molecule is CC(C)C(NC(=O)CCNS(=O)(=O)/C=C/c1ccccc1)c1ccccc1. The quantitative estimate of drug-likeness (QED) is 0.693. The number of rotatable bonds is 9. The van der Waals surface area contributed by atoms with Crippen LogP contribution in [0.2, 0.25) is 0 Å². The van der Waals surface area contributed by atoms with Gasteiger partial charge in [-0.1, -0.05) is 74.5 Å². The van der Waals surface area contributed by atoms with Crippen molar-refractivity contribution in [3.05, 3.63) is 77.2 Å². The second kappa shape index (κ2) is 10.0. The molecule has 0 spiro atoms. The largest absolute Gasteiger partial charge is 0.349 e. The van der Waals surface area contributed by atoms with Crippen molar-refractivity contribution in [2.75, 3.05) is 6.54 Å². The van der Waals surface area contributed by atoms with Crippen LogP contribution in [0.5, 0.6) is 0 Å². The Bertz CT molecular complexity index is 848. The van der Waals surface area contributed by atoms with E-state index in [0.717, 1.165) is 16.5 Å². The topological polar surface area (TPSA) is 75.3 Å². The minimum atomic E-state index is -3.58. The Morgan fingerprint density at radius 2 is 1.59 bits per heavy atom. The van der Waals surface area contributed by atoms with Gasteiger partial charge in [-0.3, -0.25) is 4.79 Å². The molecule has 0 heterocycles. The highest BCUT2D eigenvalue weighted by Gasteiger charge is 2.18. The molecule has 0 saturated carbocycles. The molecule has 5 nitrogen and oxygen atoms in total. The third-order valence-corrected chi connectivity index (χ3v) is 5.14. The minimum Gasteiger partial charge on any atom is -0.349 e. The summed E-state index contributed by atoms with van der Waals surface area (Å²) in [7, 11) is -3.58. The molecule has 0 aromatic heterocycles. The maximum atomic E-state index is 12.2. The maximum Gasteiger partial charge on any atom is 0.233 e. The summed E-state index contributed by atoms with van der Waals surface area (Å²) in [6.45, 7) is 4.12. The summed E-state index contributed by atoms with van der Waals surface area (Å²) >= 11 is 0. The van der Waals surface area contributed by atoms with E-state index >= 15 is 0 Å². The molecule has 6 heteroatoms. The summed E-state index contributed by atoms with van der Waals surface area (Å²) in [5.74, 6) is 0.0362. The molecule has 2 rings (SSSR count). The third-order valence-electron chi connectivity index (χ3n) is 4.04. The first-order valence-corrected chi connectivity index (χ1v) is 10.5. The second-order valence-corrected chi connectivity index (χ2v) is 8.25. The van der Waals surface area contributed by atoms with Crippen LogP contribution in [0.4, 0.5) is 0 Å². The Labute approximate surface area is 161 Å².